The van der Waals surface area contributed by atoms with Crippen molar-refractivity contribution in [2.45, 2.75) is 6.54 Å². The Morgan fingerprint density at radius 3 is 2.95 bits per heavy atom. The number of ether oxygens (including phenoxy) is 1. The van der Waals surface area contributed by atoms with E-state index in [1.54, 1.807) is 17.4 Å². The number of hydrogen-bond donors (Lipinski definition) is 0. The molecule has 0 aliphatic carbocycles. The summed E-state index contributed by atoms with van der Waals surface area (Å²) in [6, 6.07) is 13.5. The lowest BCUT2D eigenvalue weighted by Crippen LogP contribution is -2.04. The highest BCUT2D eigenvalue weighted by molar-refractivity contribution is 7.13. The largest absolute Gasteiger partial charge is 0.465 e. The number of rotatable bonds is 4. The zero-order valence-electron chi connectivity index (χ0n) is 11.5. The smallest absolute Gasteiger partial charge is 0.337 e. The van der Waals surface area contributed by atoms with Crippen molar-refractivity contribution in [3.8, 4) is 10.6 Å². The molecule has 0 unspecified atom stereocenters. The van der Waals surface area contributed by atoms with Gasteiger partial charge in [-0.1, -0.05) is 18.2 Å². The van der Waals surface area contributed by atoms with Crippen LogP contribution in [0.5, 0.6) is 0 Å². The lowest BCUT2D eigenvalue weighted by atomic mass is 10.1. The zero-order valence-corrected chi connectivity index (χ0v) is 12.3. The maximum atomic E-state index is 11.5. The fourth-order valence-corrected chi connectivity index (χ4v) is 2.80. The van der Waals surface area contributed by atoms with Crippen molar-refractivity contribution in [1.82, 2.24) is 9.78 Å². The van der Waals surface area contributed by atoms with Crippen LogP contribution in [0.15, 0.2) is 54.0 Å². The van der Waals surface area contributed by atoms with Crippen molar-refractivity contribution < 1.29 is 9.53 Å². The summed E-state index contributed by atoms with van der Waals surface area (Å²) >= 11 is 1.67. The van der Waals surface area contributed by atoms with Crippen LogP contribution in [0.4, 0.5) is 0 Å². The fraction of sp³-hybridized carbons (Fsp3) is 0.125. The molecule has 2 aromatic heterocycles. The third kappa shape index (κ3) is 3.03. The second kappa shape index (κ2) is 5.93. The van der Waals surface area contributed by atoms with Crippen molar-refractivity contribution in [1.29, 1.82) is 0 Å². The lowest BCUT2D eigenvalue weighted by molar-refractivity contribution is 0.0600. The molecule has 0 radical (unpaired) electrons. The van der Waals surface area contributed by atoms with E-state index in [0.29, 0.717) is 12.1 Å². The predicted molar refractivity (Wildman–Crippen MR) is 82.4 cm³/mol. The Morgan fingerprint density at radius 2 is 2.19 bits per heavy atom. The fourth-order valence-electron chi connectivity index (χ4n) is 2.11. The van der Waals surface area contributed by atoms with E-state index in [2.05, 4.69) is 11.2 Å². The Balaban J connectivity index is 1.79. The maximum absolute atomic E-state index is 11.5. The molecule has 0 bridgehead atoms. The number of benzene rings is 1. The summed E-state index contributed by atoms with van der Waals surface area (Å²) in [7, 11) is 1.38. The van der Waals surface area contributed by atoms with Gasteiger partial charge in [-0.05, 0) is 35.2 Å². The molecule has 0 saturated carbocycles. The second-order valence-corrected chi connectivity index (χ2v) is 5.52. The van der Waals surface area contributed by atoms with E-state index in [0.717, 1.165) is 16.1 Å². The molecule has 0 spiro atoms. The molecule has 0 saturated heterocycles. The van der Waals surface area contributed by atoms with Gasteiger partial charge in [-0.3, -0.25) is 4.68 Å². The molecule has 3 aromatic rings. The first-order valence-electron chi connectivity index (χ1n) is 6.51. The molecule has 21 heavy (non-hydrogen) atoms. The minimum absolute atomic E-state index is 0.323. The van der Waals surface area contributed by atoms with Gasteiger partial charge in [0.05, 0.1) is 24.1 Å². The third-order valence-corrected chi connectivity index (χ3v) is 4.00. The quantitative estimate of drug-likeness (QED) is 0.693. The molecule has 1 aromatic carbocycles. The van der Waals surface area contributed by atoms with Crippen LogP contribution in [0.1, 0.15) is 15.9 Å². The Kier molecular flexibility index (Phi) is 3.83. The van der Waals surface area contributed by atoms with E-state index in [4.69, 9.17) is 4.74 Å². The Hall–Kier alpha value is -2.40. The van der Waals surface area contributed by atoms with E-state index in [1.807, 2.05) is 46.6 Å². The highest BCUT2D eigenvalue weighted by atomic mass is 32.1. The van der Waals surface area contributed by atoms with E-state index >= 15 is 0 Å². The number of nitrogens with zero attached hydrogens (tertiary/aromatic N) is 2. The predicted octanol–water partition coefficient (Wildman–Crippen LogP) is 3.45. The Morgan fingerprint density at radius 1 is 1.29 bits per heavy atom. The van der Waals surface area contributed by atoms with Crippen LogP contribution in [0.2, 0.25) is 0 Å². The average molecular weight is 298 g/mol. The van der Waals surface area contributed by atoms with Crippen LogP contribution in [-0.4, -0.2) is 22.9 Å². The van der Waals surface area contributed by atoms with E-state index in [-0.39, 0.29) is 5.97 Å². The van der Waals surface area contributed by atoms with Gasteiger partial charge in [-0.25, -0.2) is 4.79 Å². The summed E-state index contributed by atoms with van der Waals surface area (Å²) in [5.41, 5.74) is 2.54. The van der Waals surface area contributed by atoms with Crippen LogP contribution in [0.3, 0.4) is 0 Å². The summed E-state index contributed by atoms with van der Waals surface area (Å²) in [5, 5.41) is 6.59. The molecule has 0 N–H and O–H groups in total. The topological polar surface area (TPSA) is 44.1 Å². The number of methoxy groups -OCH3 is 1. The third-order valence-electron chi connectivity index (χ3n) is 3.11. The summed E-state index contributed by atoms with van der Waals surface area (Å²) in [6.07, 6.45) is 1.94. The Bertz CT molecular complexity index is 747. The minimum Gasteiger partial charge on any atom is -0.465 e. The molecule has 0 atom stereocenters. The van der Waals surface area contributed by atoms with E-state index < -0.39 is 0 Å². The van der Waals surface area contributed by atoms with Gasteiger partial charge in [0, 0.05) is 6.20 Å². The summed E-state index contributed by atoms with van der Waals surface area (Å²) in [5.74, 6) is -0.323. The van der Waals surface area contributed by atoms with Crippen LogP contribution in [0.25, 0.3) is 10.6 Å². The van der Waals surface area contributed by atoms with Gasteiger partial charge in [-0.15, -0.1) is 11.3 Å². The van der Waals surface area contributed by atoms with Gasteiger partial charge in [0.15, 0.2) is 0 Å². The van der Waals surface area contributed by atoms with Crippen LogP contribution in [-0.2, 0) is 11.3 Å². The maximum Gasteiger partial charge on any atom is 0.337 e. The SMILES string of the molecule is COC(=O)c1cccc(Cn2ccc(-c3cccs3)n2)c1. The second-order valence-electron chi connectivity index (χ2n) is 4.57. The highest BCUT2D eigenvalue weighted by Gasteiger charge is 2.07. The molecule has 4 nitrogen and oxygen atoms in total. The van der Waals surface area contributed by atoms with Crippen molar-refractivity contribution in [2.75, 3.05) is 7.11 Å². The highest BCUT2D eigenvalue weighted by Crippen LogP contribution is 2.22. The van der Waals surface area contributed by atoms with E-state index in [1.165, 1.54) is 7.11 Å². The summed E-state index contributed by atoms with van der Waals surface area (Å²) < 4.78 is 6.60. The summed E-state index contributed by atoms with van der Waals surface area (Å²) in [4.78, 5) is 12.7. The number of aromatic nitrogens is 2. The molecule has 0 aliphatic rings. The minimum atomic E-state index is -0.323. The van der Waals surface area contributed by atoms with Gasteiger partial charge in [0.25, 0.3) is 0 Å². The molecular formula is C16H14N2O2S. The number of esters is 1. The first kappa shape index (κ1) is 13.6. The van der Waals surface area contributed by atoms with Crippen LogP contribution < -0.4 is 0 Å². The molecular weight excluding hydrogens is 284 g/mol. The normalized spacial score (nSPS) is 10.5. The number of thiophene rings is 1. The molecule has 2 heterocycles. The van der Waals surface area contributed by atoms with Crippen molar-refractivity contribution in [3.05, 3.63) is 65.2 Å². The Labute approximate surface area is 126 Å². The molecule has 3 rings (SSSR count). The molecule has 0 fully saturated rings. The van der Waals surface area contributed by atoms with Crippen molar-refractivity contribution >= 4 is 17.3 Å². The van der Waals surface area contributed by atoms with Crippen molar-refractivity contribution in [3.63, 3.8) is 0 Å². The molecule has 106 valence electrons. The lowest BCUT2D eigenvalue weighted by Gasteiger charge is -2.04. The van der Waals surface area contributed by atoms with Crippen molar-refractivity contribution in [2.24, 2.45) is 0 Å². The number of carbonyl (C=O) groups excluding carboxylic acids is 1. The number of hydrogen-bond acceptors (Lipinski definition) is 4. The van der Waals surface area contributed by atoms with Gasteiger partial charge < -0.3 is 4.74 Å². The van der Waals surface area contributed by atoms with Gasteiger partial charge in [-0.2, -0.15) is 5.10 Å². The van der Waals surface area contributed by atoms with Crippen LogP contribution in [0, 0.1) is 0 Å². The van der Waals surface area contributed by atoms with Gasteiger partial charge >= 0.3 is 5.97 Å². The summed E-state index contributed by atoms with van der Waals surface area (Å²) in [6.45, 7) is 0.621. The molecule has 0 aliphatic heterocycles. The van der Waals surface area contributed by atoms with Crippen LogP contribution >= 0.6 is 11.3 Å². The van der Waals surface area contributed by atoms with Gasteiger partial charge in [0.1, 0.15) is 5.69 Å². The monoisotopic (exact) mass is 298 g/mol. The first-order chi connectivity index (χ1) is 10.3. The first-order valence-corrected chi connectivity index (χ1v) is 7.39. The zero-order chi connectivity index (χ0) is 14.7. The molecule has 5 heteroatoms. The van der Waals surface area contributed by atoms with E-state index in [9.17, 15) is 4.79 Å². The molecule has 0 amide bonds. The van der Waals surface area contributed by atoms with Gasteiger partial charge in [0.2, 0.25) is 0 Å². The standard InChI is InChI=1S/C16H14N2O2S/c1-20-16(19)13-5-2-4-12(10-13)11-18-8-7-14(17-18)15-6-3-9-21-15/h2-10H,11H2,1H3. The average Bonchev–Trinajstić information content (AvgIpc) is 3.17. The number of carbonyl (C=O) groups is 1.